The third-order valence-corrected chi connectivity index (χ3v) is 9.36. The van der Waals surface area contributed by atoms with Crippen LogP contribution in [0.5, 0.6) is 5.75 Å². The van der Waals surface area contributed by atoms with Crippen molar-refractivity contribution in [2.24, 2.45) is 0 Å². The molecule has 1 fully saturated rings. The quantitative estimate of drug-likeness (QED) is 0.245. The molecule has 9 heteroatoms. The van der Waals surface area contributed by atoms with Gasteiger partial charge in [-0.1, -0.05) is 55.7 Å². The zero-order valence-electron chi connectivity index (χ0n) is 20.9. The van der Waals surface area contributed by atoms with Crippen LogP contribution in [0.2, 0.25) is 0 Å². The summed E-state index contributed by atoms with van der Waals surface area (Å²) < 4.78 is 33.6. The molecular weight excluding hydrogens is 520 g/mol. The lowest BCUT2D eigenvalue weighted by atomic mass is 9.84. The summed E-state index contributed by atoms with van der Waals surface area (Å²) in [5.41, 5.74) is 3.51. The summed E-state index contributed by atoms with van der Waals surface area (Å²) in [6.45, 7) is 0. The van der Waals surface area contributed by atoms with Gasteiger partial charge in [-0.2, -0.15) is 0 Å². The third-order valence-electron chi connectivity index (χ3n) is 6.88. The number of nitrogens with one attached hydrogen (secondary N) is 1. The highest BCUT2D eigenvalue weighted by Crippen LogP contribution is 2.36. The second kappa shape index (κ2) is 11.0. The monoisotopic (exact) mass is 548 g/mol. The molecule has 0 saturated heterocycles. The average molecular weight is 549 g/mol. The SMILES string of the molecule is COc1cc(C(=O)O)ccc1NS(=O)(=O)c1ccc(-c2cnc(-c3ccc(C4CCCCC4)cc3)s2)cc1. The fourth-order valence-electron chi connectivity index (χ4n) is 4.79. The van der Waals surface area contributed by atoms with E-state index < -0.39 is 16.0 Å². The Bertz CT molecular complexity index is 1540. The van der Waals surface area contributed by atoms with Crippen molar-refractivity contribution in [2.45, 2.75) is 42.9 Å². The van der Waals surface area contributed by atoms with Crippen LogP contribution >= 0.6 is 11.3 Å². The van der Waals surface area contributed by atoms with Crippen molar-refractivity contribution in [3.05, 3.63) is 84.1 Å². The van der Waals surface area contributed by atoms with Crippen molar-refractivity contribution in [3.8, 4) is 26.8 Å². The van der Waals surface area contributed by atoms with E-state index in [2.05, 4.69) is 34.0 Å². The molecule has 1 aromatic heterocycles. The van der Waals surface area contributed by atoms with E-state index in [0.717, 1.165) is 21.0 Å². The first-order chi connectivity index (χ1) is 18.3. The molecule has 2 N–H and O–H groups in total. The van der Waals surface area contributed by atoms with Crippen LogP contribution in [0.25, 0.3) is 21.0 Å². The van der Waals surface area contributed by atoms with Gasteiger partial charge in [0.05, 0.1) is 28.1 Å². The zero-order valence-corrected chi connectivity index (χ0v) is 22.5. The molecule has 1 aliphatic carbocycles. The van der Waals surface area contributed by atoms with E-state index in [-0.39, 0.29) is 21.9 Å². The third kappa shape index (κ3) is 5.58. The number of anilines is 1. The van der Waals surface area contributed by atoms with Crippen LogP contribution in [0.3, 0.4) is 0 Å². The minimum atomic E-state index is -3.92. The van der Waals surface area contributed by atoms with Crippen molar-refractivity contribution in [3.63, 3.8) is 0 Å². The standard InChI is InChI=1S/C29H28N2O5S2/c1-36-26-17-23(29(32)33)13-16-25(26)31-38(34,35)24-14-11-21(12-15-24)27-18-30-28(37-27)22-9-7-20(8-10-22)19-5-3-2-4-6-19/h7-19,31H,2-6H2,1H3,(H,32,33). The minimum Gasteiger partial charge on any atom is -0.495 e. The number of aromatic carboxylic acids is 1. The molecule has 0 unspecified atom stereocenters. The molecule has 196 valence electrons. The smallest absolute Gasteiger partial charge is 0.335 e. The number of methoxy groups -OCH3 is 1. The predicted octanol–water partition coefficient (Wildman–Crippen LogP) is 7.03. The molecular formula is C29H28N2O5S2. The number of ether oxygens (including phenoxy) is 1. The van der Waals surface area contributed by atoms with Crippen LogP contribution in [0.1, 0.15) is 53.9 Å². The minimum absolute atomic E-state index is 0.00163. The first-order valence-corrected chi connectivity index (χ1v) is 14.7. The van der Waals surface area contributed by atoms with Crippen LogP contribution in [0.4, 0.5) is 5.69 Å². The molecule has 0 spiro atoms. The fraction of sp³-hybridized carbons (Fsp3) is 0.241. The number of hydrogen-bond acceptors (Lipinski definition) is 6. The molecule has 1 aliphatic rings. The number of carboxylic acid groups (broad SMARTS) is 1. The highest BCUT2D eigenvalue weighted by atomic mass is 32.2. The molecule has 0 radical (unpaired) electrons. The summed E-state index contributed by atoms with van der Waals surface area (Å²) in [5, 5.41) is 10.1. The fourth-order valence-corrected chi connectivity index (χ4v) is 6.78. The van der Waals surface area contributed by atoms with Gasteiger partial charge in [0, 0.05) is 11.8 Å². The van der Waals surface area contributed by atoms with Gasteiger partial charge >= 0.3 is 5.97 Å². The number of hydrogen-bond donors (Lipinski definition) is 2. The summed E-state index contributed by atoms with van der Waals surface area (Å²) >= 11 is 1.56. The van der Waals surface area contributed by atoms with Crippen molar-refractivity contribution < 1.29 is 23.1 Å². The van der Waals surface area contributed by atoms with Gasteiger partial charge in [-0.25, -0.2) is 18.2 Å². The molecule has 0 amide bonds. The summed E-state index contributed by atoms with van der Waals surface area (Å²) in [7, 11) is -2.57. The Morgan fingerprint density at radius 3 is 2.32 bits per heavy atom. The van der Waals surface area contributed by atoms with Crippen LogP contribution in [-0.2, 0) is 10.0 Å². The number of carboxylic acids is 1. The number of thiazole rings is 1. The van der Waals surface area contributed by atoms with Gasteiger partial charge in [-0.15, -0.1) is 11.3 Å². The number of sulfonamides is 1. The van der Waals surface area contributed by atoms with Crippen molar-refractivity contribution in [1.82, 2.24) is 4.98 Å². The van der Waals surface area contributed by atoms with E-state index in [9.17, 15) is 13.2 Å². The van der Waals surface area contributed by atoms with Crippen LogP contribution in [0, 0.1) is 0 Å². The van der Waals surface area contributed by atoms with E-state index in [1.807, 2.05) is 6.20 Å². The van der Waals surface area contributed by atoms with E-state index in [0.29, 0.717) is 5.92 Å². The Morgan fingerprint density at radius 1 is 0.974 bits per heavy atom. The molecule has 5 rings (SSSR count). The summed E-state index contributed by atoms with van der Waals surface area (Å²) in [5.74, 6) is -0.343. The van der Waals surface area contributed by atoms with Gasteiger partial charge in [0.15, 0.2) is 0 Å². The summed E-state index contributed by atoms with van der Waals surface area (Å²) in [6.07, 6.45) is 8.32. The Kier molecular flexibility index (Phi) is 7.49. The molecule has 38 heavy (non-hydrogen) atoms. The number of nitrogens with zero attached hydrogens (tertiary/aromatic N) is 1. The topological polar surface area (TPSA) is 106 Å². The van der Waals surface area contributed by atoms with E-state index in [4.69, 9.17) is 9.84 Å². The van der Waals surface area contributed by atoms with Crippen molar-refractivity contribution in [1.29, 1.82) is 0 Å². The molecule has 0 bridgehead atoms. The van der Waals surface area contributed by atoms with Gasteiger partial charge in [-0.3, -0.25) is 4.72 Å². The lowest BCUT2D eigenvalue weighted by Crippen LogP contribution is -2.14. The van der Waals surface area contributed by atoms with E-state index in [1.54, 1.807) is 23.5 Å². The van der Waals surface area contributed by atoms with Gasteiger partial charge in [-0.05, 0) is 60.2 Å². The second-order valence-corrected chi connectivity index (χ2v) is 12.0. The van der Waals surface area contributed by atoms with Gasteiger partial charge in [0.2, 0.25) is 0 Å². The Morgan fingerprint density at radius 2 is 1.66 bits per heavy atom. The Labute approximate surface area is 226 Å². The van der Waals surface area contributed by atoms with Crippen LogP contribution in [-0.4, -0.2) is 31.6 Å². The molecule has 1 heterocycles. The summed E-state index contributed by atoms with van der Waals surface area (Å²) in [4.78, 5) is 16.8. The van der Waals surface area contributed by atoms with Crippen molar-refractivity contribution >= 4 is 33.0 Å². The highest BCUT2D eigenvalue weighted by Gasteiger charge is 2.19. The highest BCUT2D eigenvalue weighted by molar-refractivity contribution is 7.92. The summed E-state index contributed by atoms with van der Waals surface area (Å²) in [6, 6.07) is 19.3. The maximum Gasteiger partial charge on any atom is 0.335 e. The largest absolute Gasteiger partial charge is 0.495 e. The first kappa shape index (κ1) is 25.9. The maximum atomic E-state index is 13.0. The van der Waals surface area contributed by atoms with Gasteiger partial charge in [0.25, 0.3) is 10.0 Å². The Hall–Kier alpha value is -3.69. The normalized spacial score (nSPS) is 14.2. The van der Waals surface area contributed by atoms with E-state index in [1.165, 1.54) is 75.1 Å². The average Bonchev–Trinajstić information content (AvgIpc) is 3.44. The maximum absolute atomic E-state index is 13.0. The number of carbonyl (C=O) groups is 1. The molecule has 7 nitrogen and oxygen atoms in total. The van der Waals surface area contributed by atoms with Gasteiger partial charge < -0.3 is 9.84 Å². The lowest BCUT2D eigenvalue weighted by molar-refractivity contribution is 0.0696. The number of benzene rings is 3. The lowest BCUT2D eigenvalue weighted by Gasteiger charge is -2.21. The van der Waals surface area contributed by atoms with Crippen molar-refractivity contribution in [2.75, 3.05) is 11.8 Å². The molecule has 0 aliphatic heterocycles. The molecule has 0 atom stereocenters. The van der Waals surface area contributed by atoms with E-state index >= 15 is 0 Å². The number of aromatic nitrogens is 1. The van der Waals surface area contributed by atoms with Crippen LogP contribution in [0.15, 0.2) is 77.8 Å². The van der Waals surface area contributed by atoms with Gasteiger partial charge in [0.1, 0.15) is 10.8 Å². The predicted molar refractivity (Wildman–Crippen MR) is 150 cm³/mol. The van der Waals surface area contributed by atoms with Crippen LogP contribution < -0.4 is 9.46 Å². The second-order valence-electron chi connectivity index (χ2n) is 9.34. The zero-order chi connectivity index (χ0) is 26.7. The number of rotatable bonds is 8. The molecule has 3 aromatic carbocycles. The first-order valence-electron chi connectivity index (χ1n) is 12.4. The Balaban J connectivity index is 1.30. The molecule has 1 saturated carbocycles. The molecule has 4 aromatic rings.